The number of rotatable bonds is 4. The van der Waals surface area contributed by atoms with E-state index in [0.29, 0.717) is 16.3 Å². The van der Waals surface area contributed by atoms with E-state index in [1.54, 1.807) is 13.0 Å². The van der Waals surface area contributed by atoms with Crippen LogP contribution in [0.15, 0.2) is 40.9 Å². The third-order valence-corrected chi connectivity index (χ3v) is 3.67. The second-order valence-corrected chi connectivity index (χ2v) is 5.71. The number of ether oxygens (including phenoxy) is 1. The van der Waals surface area contributed by atoms with E-state index < -0.39 is 11.9 Å². The molecule has 0 saturated heterocycles. The van der Waals surface area contributed by atoms with Crippen LogP contribution in [-0.2, 0) is 6.61 Å². The van der Waals surface area contributed by atoms with Crippen LogP contribution >= 0.6 is 27.5 Å². The van der Waals surface area contributed by atoms with E-state index in [4.69, 9.17) is 16.3 Å². The summed E-state index contributed by atoms with van der Waals surface area (Å²) in [5.41, 5.74) is 1.33. The van der Waals surface area contributed by atoms with Gasteiger partial charge in [-0.25, -0.2) is 4.39 Å². The molecule has 20 heavy (non-hydrogen) atoms. The normalized spacial score (nSPS) is 12.2. The van der Waals surface area contributed by atoms with Gasteiger partial charge in [0.2, 0.25) is 0 Å². The second-order valence-electron chi connectivity index (χ2n) is 4.38. The van der Waals surface area contributed by atoms with Crippen LogP contribution in [0.25, 0.3) is 0 Å². The van der Waals surface area contributed by atoms with Gasteiger partial charge >= 0.3 is 0 Å². The smallest absolute Gasteiger partial charge is 0.128 e. The molecule has 1 unspecified atom stereocenters. The minimum atomic E-state index is -0.731. The lowest BCUT2D eigenvalue weighted by atomic mass is 10.1. The first-order valence-corrected chi connectivity index (χ1v) is 7.18. The van der Waals surface area contributed by atoms with Gasteiger partial charge in [-0.15, -0.1) is 0 Å². The minimum absolute atomic E-state index is 0.204. The molecule has 0 aliphatic heterocycles. The van der Waals surface area contributed by atoms with Crippen molar-refractivity contribution in [2.24, 2.45) is 0 Å². The fourth-order valence-electron chi connectivity index (χ4n) is 1.77. The van der Waals surface area contributed by atoms with Crippen LogP contribution in [0.4, 0.5) is 4.39 Å². The lowest BCUT2D eigenvalue weighted by molar-refractivity contribution is 0.190. The molecule has 0 saturated carbocycles. The van der Waals surface area contributed by atoms with Gasteiger partial charge in [-0.2, -0.15) is 0 Å². The lowest BCUT2D eigenvalue weighted by Gasteiger charge is -2.14. The highest BCUT2D eigenvalue weighted by molar-refractivity contribution is 9.10. The van der Waals surface area contributed by atoms with Crippen molar-refractivity contribution < 1.29 is 14.2 Å². The molecule has 0 aliphatic carbocycles. The molecule has 2 nitrogen and oxygen atoms in total. The van der Waals surface area contributed by atoms with E-state index in [9.17, 15) is 9.50 Å². The number of hydrogen-bond donors (Lipinski definition) is 1. The summed E-state index contributed by atoms with van der Waals surface area (Å²) in [7, 11) is 0. The Morgan fingerprint density at radius 2 is 2.05 bits per heavy atom. The van der Waals surface area contributed by atoms with Gasteiger partial charge in [-0.1, -0.05) is 33.6 Å². The Hall–Kier alpha value is -1.10. The van der Waals surface area contributed by atoms with Crippen molar-refractivity contribution in [2.45, 2.75) is 19.6 Å². The number of aliphatic hydroxyl groups is 1. The molecule has 0 aliphatic rings. The van der Waals surface area contributed by atoms with E-state index in [0.717, 1.165) is 10.0 Å². The van der Waals surface area contributed by atoms with Crippen LogP contribution < -0.4 is 4.74 Å². The number of benzene rings is 2. The van der Waals surface area contributed by atoms with Crippen molar-refractivity contribution in [3.8, 4) is 5.75 Å². The molecule has 2 aromatic rings. The Labute approximate surface area is 130 Å². The molecule has 0 amide bonds. The molecular formula is C15H13BrClFO2. The van der Waals surface area contributed by atoms with E-state index in [2.05, 4.69) is 15.9 Å². The van der Waals surface area contributed by atoms with Gasteiger partial charge in [0.15, 0.2) is 0 Å². The summed E-state index contributed by atoms with van der Waals surface area (Å²) in [6.07, 6.45) is -0.731. The van der Waals surface area contributed by atoms with Crippen molar-refractivity contribution >= 4 is 27.5 Å². The molecule has 2 rings (SSSR count). The van der Waals surface area contributed by atoms with Gasteiger partial charge in [0.05, 0.1) is 6.10 Å². The van der Waals surface area contributed by atoms with Gasteiger partial charge < -0.3 is 9.84 Å². The third-order valence-electron chi connectivity index (χ3n) is 2.82. The Balaban J connectivity index is 2.20. The van der Waals surface area contributed by atoms with Crippen molar-refractivity contribution in [3.05, 3.63) is 62.8 Å². The molecule has 2 aromatic carbocycles. The Morgan fingerprint density at radius 3 is 2.70 bits per heavy atom. The first kappa shape index (κ1) is 15.3. The highest BCUT2D eigenvalue weighted by Gasteiger charge is 2.11. The predicted octanol–water partition coefficient (Wildman–Crippen LogP) is 4.87. The van der Waals surface area contributed by atoms with Crippen molar-refractivity contribution in [1.82, 2.24) is 0 Å². The quantitative estimate of drug-likeness (QED) is 0.843. The molecule has 0 fully saturated rings. The van der Waals surface area contributed by atoms with Gasteiger partial charge in [0, 0.05) is 26.7 Å². The first-order chi connectivity index (χ1) is 9.47. The minimum Gasteiger partial charge on any atom is -0.488 e. The predicted molar refractivity (Wildman–Crippen MR) is 80.5 cm³/mol. The zero-order valence-corrected chi connectivity index (χ0v) is 13.1. The number of aliphatic hydroxyl groups excluding tert-OH is 1. The van der Waals surface area contributed by atoms with Gasteiger partial charge in [-0.3, -0.25) is 0 Å². The average Bonchev–Trinajstić information content (AvgIpc) is 2.37. The van der Waals surface area contributed by atoms with E-state index in [1.807, 2.05) is 12.1 Å². The number of hydrogen-bond acceptors (Lipinski definition) is 2. The second kappa shape index (κ2) is 6.57. The maximum atomic E-state index is 13.3. The molecule has 1 N–H and O–H groups in total. The third kappa shape index (κ3) is 3.72. The van der Waals surface area contributed by atoms with Crippen LogP contribution in [0.3, 0.4) is 0 Å². The lowest BCUT2D eigenvalue weighted by Crippen LogP contribution is -2.02. The van der Waals surface area contributed by atoms with Crippen LogP contribution in [0, 0.1) is 5.82 Å². The molecule has 1 atom stereocenters. The first-order valence-electron chi connectivity index (χ1n) is 6.01. The molecule has 0 heterocycles. The monoisotopic (exact) mass is 358 g/mol. The number of halogens is 3. The van der Waals surface area contributed by atoms with Crippen LogP contribution in [0.1, 0.15) is 24.2 Å². The van der Waals surface area contributed by atoms with Crippen molar-refractivity contribution in [1.29, 1.82) is 0 Å². The Bertz CT molecular complexity index is 617. The topological polar surface area (TPSA) is 29.5 Å². The molecule has 0 spiro atoms. The van der Waals surface area contributed by atoms with Crippen LogP contribution in [0.5, 0.6) is 5.75 Å². The summed E-state index contributed by atoms with van der Waals surface area (Å²) in [6, 6.07) is 9.51. The van der Waals surface area contributed by atoms with Gasteiger partial charge in [0.25, 0.3) is 0 Å². The van der Waals surface area contributed by atoms with E-state index >= 15 is 0 Å². The molecule has 0 aromatic heterocycles. The summed E-state index contributed by atoms with van der Waals surface area (Å²) in [6.45, 7) is 1.81. The maximum Gasteiger partial charge on any atom is 0.128 e. The molecule has 106 valence electrons. The van der Waals surface area contributed by atoms with Gasteiger partial charge in [-0.05, 0) is 31.2 Å². The Morgan fingerprint density at radius 1 is 1.30 bits per heavy atom. The van der Waals surface area contributed by atoms with E-state index in [1.165, 1.54) is 18.2 Å². The summed E-state index contributed by atoms with van der Waals surface area (Å²) in [4.78, 5) is 0. The molecular weight excluding hydrogens is 347 g/mol. The van der Waals surface area contributed by atoms with E-state index in [-0.39, 0.29) is 6.61 Å². The zero-order valence-electron chi connectivity index (χ0n) is 10.7. The van der Waals surface area contributed by atoms with Crippen LogP contribution in [-0.4, -0.2) is 5.11 Å². The highest BCUT2D eigenvalue weighted by atomic mass is 79.9. The molecule has 0 bridgehead atoms. The largest absolute Gasteiger partial charge is 0.488 e. The van der Waals surface area contributed by atoms with Gasteiger partial charge in [0.1, 0.15) is 18.2 Å². The highest BCUT2D eigenvalue weighted by Crippen LogP contribution is 2.28. The Kier molecular flexibility index (Phi) is 5.02. The average molecular weight is 360 g/mol. The fourth-order valence-corrected chi connectivity index (χ4v) is 2.50. The zero-order chi connectivity index (χ0) is 14.7. The molecule has 0 radical (unpaired) electrons. The maximum absolute atomic E-state index is 13.3. The summed E-state index contributed by atoms with van der Waals surface area (Å²) in [5.74, 6) is -0.0923. The molecule has 5 heteroatoms. The van der Waals surface area contributed by atoms with Crippen molar-refractivity contribution in [2.75, 3.05) is 0 Å². The summed E-state index contributed by atoms with van der Waals surface area (Å²) in [5, 5.41) is 10.2. The summed E-state index contributed by atoms with van der Waals surface area (Å²) < 4.78 is 19.7. The fraction of sp³-hybridized carbons (Fsp3) is 0.200. The van der Waals surface area contributed by atoms with Crippen molar-refractivity contribution in [3.63, 3.8) is 0 Å². The summed E-state index contributed by atoms with van der Waals surface area (Å²) >= 11 is 9.42. The van der Waals surface area contributed by atoms with Crippen LogP contribution in [0.2, 0.25) is 5.02 Å². The standard InChI is InChI=1S/C15H13BrClFO2/c1-9(19)13-5-4-12(18)7-15(13)20-8-10-2-3-11(16)6-14(10)17/h2-7,9,19H,8H2,1H3. The SMILES string of the molecule is CC(O)c1ccc(F)cc1OCc1ccc(Br)cc1Cl.